The van der Waals surface area contributed by atoms with Gasteiger partial charge in [0.25, 0.3) is 11.8 Å². The zero-order valence-electron chi connectivity index (χ0n) is 33.0. The van der Waals surface area contributed by atoms with Gasteiger partial charge in [0.05, 0.1) is 28.5 Å². The molecule has 0 N–H and O–H groups in total. The van der Waals surface area contributed by atoms with Gasteiger partial charge in [-0.3, -0.25) is 9.59 Å². The van der Waals surface area contributed by atoms with Crippen molar-refractivity contribution in [3.63, 3.8) is 0 Å². The molecule has 7 aromatic carbocycles. The molecule has 1 aliphatic carbocycles. The SMILES string of the molecule is Cc1ccc(C2=CC3c4cc(-c5ccc(C)cc5C)ccc4N(c4cccc5c4C(=O)N(c4cccc(-c6ccccc6)c4-c4ccccc4)C5=O)C3C=C2)c(C)c1. The fourth-order valence-electron chi connectivity index (χ4n) is 9.48. The maximum absolute atomic E-state index is 15.1. The first kappa shape index (κ1) is 35.4. The van der Waals surface area contributed by atoms with Crippen LogP contribution in [0.4, 0.5) is 17.1 Å². The molecule has 0 bridgehead atoms. The standard InChI is InChI=1S/C54H42N2O2/c1-33-21-25-41(35(3)29-33)39-23-27-47-45(31-39)46-32-40(42-26-22-34(2)30-36(42)4)24-28-48(46)55(47)50-20-12-18-44-52(50)54(58)56(53(44)57)49-19-11-17-43(37-13-7-5-8-14-37)51(49)38-15-9-6-10-16-38/h5-32,45,47H,1-4H3. The van der Waals surface area contributed by atoms with Crippen LogP contribution in [0.5, 0.6) is 0 Å². The molecule has 4 nitrogen and oxygen atoms in total. The highest BCUT2D eigenvalue weighted by Gasteiger charge is 2.45. The fourth-order valence-corrected chi connectivity index (χ4v) is 9.48. The number of benzene rings is 7. The smallest absolute Gasteiger partial charge is 0.268 e. The molecule has 58 heavy (non-hydrogen) atoms. The summed E-state index contributed by atoms with van der Waals surface area (Å²) >= 11 is 0. The van der Waals surface area contributed by atoms with Gasteiger partial charge in [-0.05, 0) is 114 Å². The average Bonchev–Trinajstić information content (AvgIpc) is 3.70. The summed E-state index contributed by atoms with van der Waals surface area (Å²) in [7, 11) is 0. The van der Waals surface area contributed by atoms with Crippen molar-refractivity contribution >= 4 is 34.4 Å². The van der Waals surface area contributed by atoms with Gasteiger partial charge in [0.2, 0.25) is 0 Å². The van der Waals surface area contributed by atoms with Gasteiger partial charge in [-0.25, -0.2) is 4.90 Å². The number of nitrogens with zero attached hydrogens (tertiary/aromatic N) is 2. The van der Waals surface area contributed by atoms with Crippen molar-refractivity contribution in [3.8, 4) is 33.4 Å². The number of aryl methyl sites for hydroxylation is 4. The van der Waals surface area contributed by atoms with Crippen LogP contribution in [0.3, 0.4) is 0 Å². The summed E-state index contributed by atoms with van der Waals surface area (Å²) in [6.45, 7) is 8.61. The molecule has 2 heterocycles. The van der Waals surface area contributed by atoms with Crippen molar-refractivity contribution in [1.29, 1.82) is 0 Å². The second kappa shape index (κ2) is 13.9. The summed E-state index contributed by atoms with van der Waals surface area (Å²) in [6, 6.07) is 51.7. The van der Waals surface area contributed by atoms with Crippen LogP contribution in [0, 0.1) is 27.7 Å². The minimum absolute atomic E-state index is 0.00723. The third-order valence-corrected chi connectivity index (χ3v) is 12.1. The van der Waals surface area contributed by atoms with Crippen molar-refractivity contribution in [3.05, 3.63) is 214 Å². The van der Waals surface area contributed by atoms with Crippen LogP contribution in [0.2, 0.25) is 0 Å². The molecule has 0 aromatic heterocycles. The minimum Gasteiger partial charge on any atom is -0.333 e. The van der Waals surface area contributed by atoms with Crippen molar-refractivity contribution in [2.45, 2.75) is 39.7 Å². The van der Waals surface area contributed by atoms with Crippen LogP contribution in [-0.2, 0) is 0 Å². The monoisotopic (exact) mass is 750 g/mol. The topological polar surface area (TPSA) is 40.6 Å². The van der Waals surface area contributed by atoms with Crippen LogP contribution >= 0.6 is 0 Å². The number of hydrogen-bond donors (Lipinski definition) is 0. The number of carbonyl (C=O) groups excluding carboxylic acids is 2. The van der Waals surface area contributed by atoms with Gasteiger partial charge in [-0.1, -0.05) is 151 Å². The molecule has 0 radical (unpaired) electrons. The van der Waals surface area contributed by atoms with Gasteiger partial charge in [-0.2, -0.15) is 0 Å². The first-order valence-corrected chi connectivity index (χ1v) is 20.0. The first-order chi connectivity index (χ1) is 28.3. The van der Waals surface area contributed by atoms with E-state index in [0.29, 0.717) is 16.8 Å². The lowest BCUT2D eigenvalue weighted by Crippen LogP contribution is -2.32. The molecule has 2 atom stereocenters. The Morgan fingerprint density at radius 2 is 1.10 bits per heavy atom. The van der Waals surface area contributed by atoms with Gasteiger partial charge in [0.1, 0.15) is 0 Å². The number of anilines is 3. The summed E-state index contributed by atoms with van der Waals surface area (Å²) < 4.78 is 0. The van der Waals surface area contributed by atoms with Crippen LogP contribution < -0.4 is 9.80 Å². The summed E-state index contributed by atoms with van der Waals surface area (Å²) in [5.74, 6) is -0.629. The predicted octanol–water partition coefficient (Wildman–Crippen LogP) is 13.0. The molecule has 10 rings (SSSR count). The van der Waals surface area contributed by atoms with Gasteiger partial charge < -0.3 is 4.90 Å². The lowest BCUT2D eigenvalue weighted by molar-refractivity contribution is 0.0926. The number of carbonyl (C=O) groups is 2. The Morgan fingerprint density at radius 3 is 1.79 bits per heavy atom. The van der Waals surface area contributed by atoms with E-state index in [-0.39, 0.29) is 23.8 Å². The second-order valence-electron chi connectivity index (χ2n) is 15.9. The van der Waals surface area contributed by atoms with E-state index in [0.717, 1.165) is 39.2 Å². The Kier molecular flexibility index (Phi) is 8.45. The maximum Gasteiger partial charge on any atom is 0.268 e. The molecule has 2 unspecified atom stereocenters. The highest BCUT2D eigenvalue weighted by molar-refractivity contribution is 6.37. The van der Waals surface area contributed by atoms with Crippen LogP contribution in [0.25, 0.3) is 39.0 Å². The summed E-state index contributed by atoms with van der Waals surface area (Å²) in [4.78, 5) is 33.5. The Labute approximate surface area is 340 Å². The summed E-state index contributed by atoms with van der Waals surface area (Å²) in [5.41, 5.74) is 17.8. The summed E-state index contributed by atoms with van der Waals surface area (Å²) in [5, 5.41) is 0. The number of rotatable bonds is 6. The largest absolute Gasteiger partial charge is 0.333 e. The second-order valence-corrected chi connectivity index (χ2v) is 15.9. The van der Waals surface area contributed by atoms with Crippen molar-refractivity contribution in [2.75, 3.05) is 9.80 Å². The Balaban J connectivity index is 1.13. The number of fused-ring (bicyclic) bond motifs is 4. The lowest BCUT2D eigenvalue weighted by Gasteiger charge is -2.31. The molecule has 4 heteroatoms. The average molecular weight is 751 g/mol. The molecule has 2 amide bonds. The van der Waals surface area contributed by atoms with Gasteiger partial charge in [0.15, 0.2) is 0 Å². The number of allylic oxidation sites excluding steroid dienone is 2. The fraction of sp³-hybridized carbons (Fsp3) is 0.111. The Bertz CT molecular complexity index is 2890. The van der Waals surface area contributed by atoms with Gasteiger partial charge in [0, 0.05) is 17.2 Å². The molecule has 0 fully saturated rings. The van der Waals surface area contributed by atoms with E-state index in [1.54, 1.807) is 6.07 Å². The maximum atomic E-state index is 15.1. The van der Waals surface area contributed by atoms with Gasteiger partial charge in [-0.15, -0.1) is 0 Å². The minimum atomic E-state index is -0.318. The number of imide groups is 1. The summed E-state index contributed by atoms with van der Waals surface area (Å²) in [6.07, 6.45) is 6.91. The Hall–Kier alpha value is -7.04. The normalized spacial score (nSPS) is 16.7. The van der Waals surface area contributed by atoms with E-state index in [1.807, 2.05) is 72.8 Å². The molecule has 0 saturated heterocycles. The first-order valence-electron chi connectivity index (χ1n) is 20.0. The highest BCUT2D eigenvalue weighted by atomic mass is 16.2. The van der Waals surface area contributed by atoms with E-state index in [9.17, 15) is 4.79 Å². The molecule has 7 aromatic rings. The molecular formula is C54H42N2O2. The molecule has 0 spiro atoms. The van der Waals surface area contributed by atoms with E-state index < -0.39 is 0 Å². The third-order valence-electron chi connectivity index (χ3n) is 12.1. The molecule has 280 valence electrons. The molecule has 0 saturated carbocycles. The van der Waals surface area contributed by atoms with E-state index in [1.165, 1.54) is 49.4 Å². The van der Waals surface area contributed by atoms with Crippen molar-refractivity contribution < 1.29 is 9.59 Å². The number of hydrogen-bond acceptors (Lipinski definition) is 3. The van der Waals surface area contributed by atoms with Crippen molar-refractivity contribution in [1.82, 2.24) is 0 Å². The Morgan fingerprint density at radius 1 is 0.466 bits per heavy atom. The quantitative estimate of drug-likeness (QED) is 0.159. The third kappa shape index (κ3) is 5.67. The molecular weight excluding hydrogens is 709 g/mol. The highest BCUT2D eigenvalue weighted by Crippen LogP contribution is 2.53. The lowest BCUT2D eigenvalue weighted by atomic mass is 9.84. The molecule has 3 aliphatic rings. The van der Waals surface area contributed by atoms with Crippen LogP contribution in [-0.4, -0.2) is 17.9 Å². The van der Waals surface area contributed by atoms with E-state index in [2.05, 4.69) is 124 Å². The van der Waals surface area contributed by atoms with Gasteiger partial charge >= 0.3 is 0 Å². The van der Waals surface area contributed by atoms with E-state index in [4.69, 9.17) is 0 Å². The van der Waals surface area contributed by atoms with Crippen LogP contribution in [0.15, 0.2) is 170 Å². The van der Waals surface area contributed by atoms with Crippen molar-refractivity contribution in [2.24, 2.45) is 0 Å². The zero-order valence-corrected chi connectivity index (χ0v) is 33.0. The molecule has 2 aliphatic heterocycles. The van der Waals surface area contributed by atoms with E-state index >= 15 is 4.79 Å². The predicted molar refractivity (Wildman–Crippen MR) is 238 cm³/mol. The van der Waals surface area contributed by atoms with Crippen LogP contribution in [0.1, 0.15) is 60.0 Å². The zero-order chi connectivity index (χ0) is 39.7. The number of amides is 2.